The summed E-state index contributed by atoms with van der Waals surface area (Å²) in [7, 11) is -0.559. The summed E-state index contributed by atoms with van der Waals surface area (Å²) in [6.45, 7) is 6.92. The minimum atomic E-state index is -0.549. The van der Waals surface area contributed by atoms with E-state index < -0.39 is 28.6 Å². The van der Waals surface area contributed by atoms with Gasteiger partial charge >= 0.3 is 0 Å². The van der Waals surface area contributed by atoms with Crippen LogP contribution in [0.15, 0.2) is 0 Å². The lowest BCUT2D eigenvalue weighted by Gasteiger charge is -2.46. The van der Waals surface area contributed by atoms with Crippen molar-refractivity contribution < 1.29 is 0 Å². The second kappa shape index (κ2) is 10.5. The molecule has 3 unspecified atom stereocenters. The molecule has 0 rings (SSSR count). The van der Waals surface area contributed by atoms with Crippen LogP contribution in [0.1, 0.15) is 20.8 Å². The van der Waals surface area contributed by atoms with Crippen molar-refractivity contribution in [3.05, 3.63) is 0 Å². The van der Waals surface area contributed by atoms with Crippen molar-refractivity contribution in [1.29, 1.82) is 0 Å². The van der Waals surface area contributed by atoms with Crippen LogP contribution in [0.4, 0.5) is 0 Å². The summed E-state index contributed by atoms with van der Waals surface area (Å²) in [4.78, 5) is 0. The highest BCUT2D eigenvalue weighted by Crippen LogP contribution is 2.56. The summed E-state index contributed by atoms with van der Waals surface area (Å²) in [6, 6.07) is 0. The van der Waals surface area contributed by atoms with Crippen LogP contribution in [-0.4, -0.2) is 52.2 Å². The zero-order valence-electron chi connectivity index (χ0n) is 12.4. The number of rotatable bonds is 9. The van der Waals surface area contributed by atoms with E-state index in [4.69, 9.17) is 69.6 Å². The molecule has 0 nitrogen and oxygen atoms in total. The molecule has 3 atom stereocenters. The van der Waals surface area contributed by atoms with E-state index in [9.17, 15) is 0 Å². The van der Waals surface area contributed by atoms with Gasteiger partial charge < -0.3 is 0 Å². The van der Waals surface area contributed by atoms with Crippen LogP contribution >= 0.6 is 69.6 Å². The van der Waals surface area contributed by atoms with Crippen LogP contribution < -0.4 is 0 Å². The maximum Gasteiger partial charge on any atom is 0.0910 e. The molecule has 0 aromatic rings. The normalized spacial score (nSPS) is 22.2. The fraction of sp³-hybridized carbons (Fsp3) is 1.00. The summed E-state index contributed by atoms with van der Waals surface area (Å²) in [5.74, 6) is 0. The highest BCUT2D eigenvalue weighted by Gasteiger charge is 2.42. The summed E-state index contributed by atoms with van der Waals surface area (Å²) >= 11 is 36.4. The van der Waals surface area contributed by atoms with Crippen molar-refractivity contribution >= 4 is 108 Å². The third-order valence-corrected chi connectivity index (χ3v) is 19.2. The van der Waals surface area contributed by atoms with E-state index in [1.54, 1.807) is 0 Å². The van der Waals surface area contributed by atoms with E-state index in [1.165, 1.54) is 0 Å². The number of hydrogen-bond donors (Lipinski definition) is 0. The monoisotopic (exact) mass is 466 g/mol. The molecule has 0 bridgehead atoms. The Kier molecular flexibility index (Phi) is 11.8. The Bertz CT molecular complexity index is 238. The highest BCUT2D eigenvalue weighted by molar-refractivity contribution is 6.73. The van der Waals surface area contributed by atoms with Gasteiger partial charge in [0, 0.05) is 10.2 Å². The smallest absolute Gasteiger partial charge is 0.0910 e. The third kappa shape index (κ3) is 7.45. The van der Waals surface area contributed by atoms with E-state index in [2.05, 4.69) is 20.8 Å². The minimum Gasteiger partial charge on any atom is -0.110 e. The van der Waals surface area contributed by atoms with Crippen LogP contribution in [0.25, 0.3) is 0 Å². The Morgan fingerprint density at radius 1 is 0.650 bits per heavy atom. The van der Waals surface area contributed by atoms with Gasteiger partial charge in [-0.05, 0) is 21.7 Å². The summed E-state index contributed by atoms with van der Waals surface area (Å²) in [5.41, 5.74) is 1.75. The topological polar surface area (TPSA) is 0 Å². The van der Waals surface area contributed by atoms with Gasteiger partial charge in [0.05, 0.1) is 41.9 Å². The molecule has 0 aliphatic heterocycles. The minimum absolute atomic E-state index is 0.188. The van der Waals surface area contributed by atoms with Gasteiger partial charge in [0.25, 0.3) is 0 Å². The molecule has 20 heavy (non-hydrogen) atoms. The molecule has 0 saturated heterocycles. The lowest BCUT2D eigenvalue weighted by atomic mass is 9.96. The lowest BCUT2D eigenvalue weighted by molar-refractivity contribution is 0.493. The molecule has 0 aromatic carbocycles. The molecule has 0 amide bonds. The lowest BCUT2D eigenvalue weighted by Crippen LogP contribution is -2.37. The van der Waals surface area contributed by atoms with Crippen LogP contribution in [-0.2, 0) is 0 Å². The van der Waals surface area contributed by atoms with E-state index >= 15 is 0 Å². The van der Waals surface area contributed by atoms with Crippen molar-refractivity contribution in [3.8, 4) is 0 Å². The molecule has 0 fully saturated rings. The first-order valence-corrected chi connectivity index (χ1v) is 15.4. The summed E-state index contributed by atoms with van der Waals surface area (Å²) < 4.78 is -0.565. The molecule has 0 radical (unpaired) electrons. The fourth-order valence-electron chi connectivity index (χ4n) is 3.02. The largest absolute Gasteiger partial charge is 0.110 e. The maximum absolute atomic E-state index is 6.06. The van der Waals surface area contributed by atoms with Gasteiger partial charge in [-0.25, -0.2) is 0 Å². The number of hydrogen-bond acceptors (Lipinski definition) is 0. The Morgan fingerprint density at radius 2 is 0.850 bits per heavy atom. The van der Waals surface area contributed by atoms with E-state index in [0.29, 0.717) is 16.6 Å². The third-order valence-electron chi connectivity index (χ3n) is 4.78. The second-order valence-corrected chi connectivity index (χ2v) is 22.2. The van der Waals surface area contributed by atoms with E-state index in [1.807, 2.05) is 0 Å². The zero-order valence-corrected chi connectivity index (χ0v) is 23.1. The van der Waals surface area contributed by atoms with Crippen LogP contribution in [0.3, 0.4) is 0 Å². The van der Waals surface area contributed by atoms with Gasteiger partial charge in [-0.3, -0.25) is 0 Å². The average Bonchev–Trinajstić information content (AvgIpc) is 2.24. The predicted octanol–water partition coefficient (Wildman–Crippen LogP) is 2.73. The van der Waals surface area contributed by atoms with Crippen molar-refractivity contribution in [2.24, 2.45) is 0 Å². The first-order valence-electron chi connectivity index (χ1n) is 6.86. The molecule has 0 saturated carbocycles. The molecule has 0 aliphatic rings. The summed E-state index contributed by atoms with van der Waals surface area (Å²) in [5, 5.41) is 0.288. The Hall–Kier alpha value is 2.61. The van der Waals surface area contributed by atoms with Crippen LogP contribution in [0.2, 0.25) is 21.7 Å². The fourth-order valence-corrected chi connectivity index (χ4v) is 16.5. The maximum atomic E-state index is 6.06. The van der Waals surface area contributed by atoms with Gasteiger partial charge in [0.1, 0.15) is 0 Å². The molecule has 0 heterocycles. The van der Waals surface area contributed by atoms with Crippen molar-refractivity contribution in [1.82, 2.24) is 0 Å². The molecular formula is C10H24Cl6Si4. The molecule has 0 aliphatic carbocycles. The first kappa shape index (κ1) is 22.6. The Morgan fingerprint density at radius 3 is 1.00 bits per heavy atom. The van der Waals surface area contributed by atoms with Gasteiger partial charge in [-0.1, -0.05) is 20.8 Å². The van der Waals surface area contributed by atoms with Crippen molar-refractivity contribution in [2.45, 2.75) is 55.8 Å². The number of alkyl halides is 6. The predicted molar refractivity (Wildman–Crippen MR) is 113 cm³/mol. The zero-order chi connectivity index (χ0) is 16.1. The average molecular weight is 469 g/mol. The van der Waals surface area contributed by atoms with E-state index in [-0.39, 0.29) is 18.4 Å². The van der Waals surface area contributed by atoms with Crippen molar-refractivity contribution in [3.63, 3.8) is 0 Å². The van der Waals surface area contributed by atoms with Gasteiger partial charge in [-0.15, -0.1) is 69.6 Å². The second-order valence-electron chi connectivity index (χ2n) is 5.95. The standard InChI is InChI=1S/C10H24Cl6Si4/c1-4(18-7(11)12)10(17,5(2)19-8(13)14)6(3)20-9(15)16/h4-9H,18-20H2,1-3,17H3. The van der Waals surface area contributed by atoms with Gasteiger partial charge in [-0.2, -0.15) is 0 Å². The van der Waals surface area contributed by atoms with Crippen molar-refractivity contribution in [2.75, 3.05) is 0 Å². The molecule has 0 aromatic heterocycles. The van der Waals surface area contributed by atoms with Gasteiger partial charge in [0.2, 0.25) is 0 Å². The Labute approximate surface area is 163 Å². The van der Waals surface area contributed by atoms with Gasteiger partial charge in [0.15, 0.2) is 0 Å². The molecule has 122 valence electrons. The first-order chi connectivity index (χ1) is 9.01. The van der Waals surface area contributed by atoms with E-state index in [0.717, 1.165) is 10.2 Å². The molecule has 0 spiro atoms. The number of halogens is 6. The molecular weight excluding hydrogens is 445 g/mol. The molecule has 0 N–H and O–H groups in total. The highest BCUT2D eigenvalue weighted by atomic mass is 35.5. The quantitative estimate of drug-likeness (QED) is 0.360. The molecule has 10 heteroatoms. The Balaban J connectivity index is 5.19. The summed E-state index contributed by atoms with van der Waals surface area (Å²) in [6.07, 6.45) is 0. The van der Waals surface area contributed by atoms with Crippen LogP contribution in [0.5, 0.6) is 0 Å². The SMILES string of the molecule is CC([SiH2]C(Cl)Cl)C([SiH3])(C(C)[SiH2]C(Cl)Cl)C(C)[SiH2]C(Cl)Cl. The van der Waals surface area contributed by atoms with Crippen LogP contribution in [0, 0.1) is 0 Å².